The van der Waals surface area contributed by atoms with Gasteiger partial charge in [0.25, 0.3) is 5.91 Å². The fraction of sp³-hybridized carbons (Fsp3) is 0.158. The molecular formula is C19H19N3O3S. The number of fused-ring (bicyclic) bond motifs is 1. The SMILES string of the molecule is Cc1ccc2nc(C)c(C(=O)Nc3ccc(C)c(S(N)(=O)=O)c3)cc2c1. The molecule has 26 heavy (non-hydrogen) atoms. The van der Waals surface area contributed by atoms with Gasteiger partial charge < -0.3 is 5.32 Å². The highest BCUT2D eigenvalue weighted by atomic mass is 32.2. The molecule has 134 valence electrons. The van der Waals surface area contributed by atoms with E-state index in [1.54, 1.807) is 32.0 Å². The summed E-state index contributed by atoms with van der Waals surface area (Å²) in [6, 6.07) is 12.2. The molecule has 0 saturated carbocycles. The van der Waals surface area contributed by atoms with Gasteiger partial charge >= 0.3 is 0 Å². The van der Waals surface area contributed by atoms with Crippen LogP contribution < -0.4 is 10.5 Å². The summed E-state index contributed by atoms with van der Waals surface area (Å²) < 4.78 is 23.3. The number of pyridine rings is 1. The number of nitrogens with zero attached hydrogens (tertiary/aromatic N) is 1. The van der Waals surface area contributed by atoms with Gasteiger partial charge in [-0.05, 0) is 56.7 Å². The van der Waals surface area contributed by atoms with Crippen molar-refractivity contribution in [1.82, 2.24) is 4.98 Å². The van der Waals surface area contributed by atoms with Crippen LogP contribution in [0.2, 0.25) is 0 Å². The summed E-state index contributed by atoms with van der Waals surface area (Å²) in [5.41, 5.74) is 3.79. The van der Waals surface area contributed by atoms with Crippen molar-refractivity contribution in [2.75, 3.05) is 5.32 Å². The molecule has 1 heterocycles. The lowest BCUT2D eigenvalue weighted by Crippen LogP contribution is -2.17. The summed E-state index contributed by atoms with van der Waals surface area (Å²) in [4.78, 5) is 17.1. The van der Waals surface area contributed by atoms with Crippen molar-refractivity contribution >= 4 is 32.5 Å². The summed E-state index contributed by atoms with van der Waals surface area (Å²) in [7, 11) is -3.86. The van der Waals surface area contributed by atoms with Gasteiger partial charge in [0.05, 0.1) is 21.7 Å². The number of sulfonamides is 1. The average Bonchev–Trinajstić information content (AvgIpc) is 2.55. The predicted octanol–water partition coefficient (Wildman–Crippen LogP) is 3.06. The molecule has 0 spiro atoms. The zero-order valence-electron chi connectivity index (χ0n) is 14.7. The first kappa shape index (κ1) is 18.0. The highest BCUT2D eigenvalue weighted by molar-refractivity contribution is 7.89. The van der Waals surface area contributed by atoms with Gasteiger partial charge in [-0.1, -0.05) is 17.7 Å². The van der Waals surface area contributed by atoms with Crippen molar-refractivity contribution in [3.05, 3.63) is 64.8 Å². The zero-order valence-corrected chi connectivity index (χ0v) is 15.5. The number of nitrogens with two attached hydrogens (primary N) is 1. The van der Waals surface area contributed by atoms with Crippen molar-refractivity contribution in [2.24, 2.45) is 5.14 Å². The Morgan fingerprint density at radius 3 is 2.46 bits per heavy atom. The highest BCUT2D eigenvalue weighted by Gasteiger charge is 2.15. The minimum absolute atomic E-state index is 0.0146. The minimum atomic E-state index is -3.86. The van der Waals surface area contributed by atoms with Crippen LogP contribution in [-0.2, 0) is 10.0 Å². The second-order valence-electron chi connectivity index (χ2n) is 6.30. The predicted molar refractivity (Wildman–Crippen MR) is 102 cm³/mol. The molecule has 0 aliphatic heterocycles. The molecule has 0 aliphatic rings. The van der Waals surface area contributed by atoms with Gasteiger partial charge in [-0.2, -0.15) is 0 Å². The van der Waals surface area contributed by atoms with Crippen LogP contribution in [0, 0.1) is 20.8 Å². The number of benzene rings is 2. The van der Waals surface area contributed by atoms with E-state index < -0.39 is 10.0 Å². The topological polar surface area (TPSA) is 102 Å². The lowest BCUT2D eigenvalue weighted by Gasteiger charge is -2.11. The molecule has 1 aromatic heterocycles. The molecule has 0 fully saturated rings. The number of hydrogen-bond donors (Lipinski definition) is 2. The van der Waals surface area contributed by atoms with E-state index in [-0.39, 0.29) is 10.8 Å². The summed E-state index contributed by atoms with van der Waals surface area (Å²) in [5.74, 6) is -0.359. The van der Waals surface area contributed by atoms with Gasteiger partial charge in [0.15, 0.2) is 0 Å². The molecule has 0 radical (unpaired) electrons. The van der Waals surface area contributed by atoms with Crippen LogP contribution in [0.1, 0.15) is 27.2 Å². The number of amides is 1. The molecule has 0 atom stereocenters. The van der Waals surface area contributed by atoms with Gasteiger partial charge in [0.1, 0.15) is 0 Å². The summed E-state index contributed by atoms with van der Waals surface area (Å²) >= 11 is 0. The third-order valence-electron chi connectivity index (χ3n) is 4.16. The summed E-state index contributed by atoms with van der Waals surface area (Å²) in [5, 5.41) is 8.81. The molecule has 3 rings (SSSR count). The molecule has 6 nitrogen and oxygen atoms in total. The Balaban J connectivity index is 1.98. The van der Waals surface area contributed by atoms with Gasteiger partial charge in [-0.25, -0.2) is 13.6 Å². The first-order chi connectivity index (χ1) is 12.1. The Morgan fingerprint density at radius 1 is 1.04 bits per heavy atom. The first-order valence-electron chi connectivity index (χ1n) is 7.98. The molecule has 3 N–H and O–H groups in total. The van der Waals surface area contributed by atoms with E-state index >= 15 is 0 Å². The number of rotatable bonds is 3. The van der Waals surface area contributed by atoms with Gasteiger partial charge in [0.2, 0.25) is 10.0 Å². The van der Waals surface area contributed by atoms with Gasteiger partial charge in [-0.3, -0.25) is 9.78 Å². The monoisotopic (exact) mass is 369 g/mol. The van der Waals surface area contributed by atoms with Crippen LogP contribution in [0.5, 0.6) is 0 Å². The smallest absolute Gasteiger partial charge is 0.257 e. The molecule has 3 aromatic rings. The van der Waals surface area contributed by atoms with Crippen molar-refractivity contribution < 1.29 is 13.2 Å². The Kier molecular flexibility index (Phi) is 4.52. The molecule has 0 unspecified atom stereocenters. The number of hydrogen-bond acceptors (Lipinski definition) is 4. The molecular weight excluding hydrogens is 350 g/mol. The van der Waals surface area contributed by atoms with Crippen LogP contribution in [0.4, 0.5) is 5.69 Å². The molecule has 7 heteroatoms. The molecule has 0 saturated heterocycles. The standard InChI is InChI=1S/C19H19N3O3S/c1-11-4-7-17-14(8-11)9-16(13(3)21-17)19(23)22-15-6-5-12(2)18(10-15)26(20,24)25/h4-10H,1-3H3,(H,22,23)(H2,20,24,25). The average molecular weight is 369 g/mol. The molecule has 0 bridgehead atoms. The molecule has 2 aromatic carbocycles. The maximum Gasteiger partial charge on any atom is 0.257 e. The number of anilines is 1. The summed E-state index contributed by atoms with van der Waals surface area (Å²) in [6.45, 7) is 5.38. The summed E-state index contributed by atoms with van der Waals surface area (Å²) in [6.07, 6.45) is 0. The quantitative estimate of drug-likeness (QED) is 0.740. The number of aromatic nitrogens is 1. The number of carbonyl (C=O) groups is 1. The number of aryl methyl sites for hydroxylation is 3. The van der Waals surface area contributed by atoms with Crippen molar-refractivity contribution in [1.29, 1.82) is 0 Å². The van der Waals surface area contributed by atoms with Gasteiger partial charge in [-0.15, -0.1) is 0 Å². The maximum absolute atomic E-state index is 12.7. The van der Waals surface area contributed by atoms with Crippen molar-refractivity contribution in [3.8, 4) is 0 Å². The lowest BCUT2D eigenvalue weighted by atomic mass is 10.1. The van der Waals surface area contributed by atoms with E-state index in [1.807, 2.05) is 25.1 Å². The van der Waals surface area contributed by atoms with Crippen LogP contribution in [0.25, 0.3) is 10.9 Å². The molecule has 0 aliphatic carbocycles. The Hall–Kier alpha value is -2.77. The fourth-order valence-corrected chi connectivity index (χ4v) is 3.61. The normalized spacial score (nSPS) is 11.5. The van der Waals surface area contributed by atoms with E-state index in [0.29, 0.717) is 22.5 Å². The lowest BCUT2D eigenvalue weighted by molar-refractivity contribution is 0.102. The molecule has 1 amide bonds. The number of primary sulfonamides is 1. The van der Waals surface area contributed by atoms with Crippen molar-refractivity contribution in [2.45, 2.75) is 25.7 Å². The van der Waals surface area contributed by atoms with Crippen LogP contribution in [0.15, 0.2) is 47.4 Å². The number of carbonyl (C=O) groups excluding carboxylic acids is 1. The van der Waals surface area contributed by atoms with E-state index in [1.165, 1.54) is 6.07 Å². The second-order valence-corrected chi connectivity index (χ2v) is 7.83. The Bertz CT molecular complexity index is 1140. The third-order valence-corrected chi connectivity index (χ3v) is 5.21. The maximum atomic E-state index is 12.7. The third kappa shape index (κ3) is 3.58. The number of nitrogens with one attached hydrogen (secondary N) is 1. The largest absolute Gasteiger partial charge is 0.322 e. The van der Waals surface area contributed by atoms with E-state index in [9.17, 15) is 13.2 Å². The fourth-order valence-electron chi connectivity index (χ4n) is 2.80. The van der Waals surface area contributed by atoms with E-state index in [4.69, 9.17) is 5.14 Å². The minimum Gasteiger partial charge on any atom is -0.322 e. The van der Waals surface area contributed by atoms with Crippen LogP contribution >= 0.6 is 0 Å². The second kappa shape index (κ2) is 6.51. The van der Waals surface area contributed by atoms with Crippen molar-refractivity contribution in [3.63, 3.8) is 0 Å². The van der Waals surface area contributed by atoms with Crippen LogP contribution in [-0.4, -0.2) is 19.3 Å². The Morgan fingerprint density at radius 2 is 1.77 bits per heavy atom. The zero-order chi connectivity index (χ0) is 19.1. The first-order valence-corrected chi connectivity index (χ1v) is 9.52. The Labute approximate surface area is 152 Å². The van der Waals surface area contributed by atoms with E-state index in [0.717, 1.165) is 16.5 Å². The van der Waals surface area contributed by atoms with Gasteiger partial charge in [0, 0.05) is 11.1 Å². The van der Waals surface area contributed by atoms with Crippen LogP contribution in [0.3, 0.4) is 0 Å². The van der Waals surface area contributed by atoms with E-state index in [2.05, 4.69) is 10.3 Å². The highest BCUT2D eigenvalue weighted by Crippen LogP contribution is 2.22.